The van der Waals surface area contributed by atoms with E-state index in [0.29, 0.717) is 19.5 Å². The van der Waals surface area contributed by atoms with E-state index in [0.717, 1.165) is 42.4 Å². The number of nitrogens with one attached hydrogen (secondary N) is 1. The van der Waals surface area contributed by atoms with E-state index in [2.05, 4.69) is 14.8 Å². The van der Waals surface area contributed by atoms with Crippen LogP contribution in [-0.2, 0) is 21.4 Å². The van der Waals surface area contributed by atoms with Crippen LogP contribution in [0.1, 0.15) is 30.4 Å². The molecule has 2 rings (SSSR count). The van der Waals surface area contributed by atoms with E-state index >= 15 is 0 Å². The van der Waals surface area contributed by atoms with Gasteiger partial charge in [0.15, 0.2) is 0 Å². The largest absolute Gasteiger partial charge is 0.361 e. The maximum atomic E-state index is 12.9. The predicted molar refractivity (Wildman–Crippen MR) is 107 cm³/mol. The van der Waals surface area contributed by atoms with Crippen LogP contribution in [0.15, 0.2) is 4.52 Å². The highest BCUT2D eigenvalue weighted by molar-refractivity contribution is 7.98. The fraction of sp³-hybridized carbons (Fsp3) is 0.765. The Hall–Kier alpha value is -1.10. The highest BCUT2D eigenvalue weighted by Gasteiger charge is 2.30. The first-order valence-corrected chi connectivity index (χ1v) is 12.2. The fourth-order valence-electron chi connectivity index (χ4n) is 3.07. The fourth-order valence-corrected chi connectivity index (χ4v) is 4.36. The average molecular weight is 419 g/mol. The molecule has 0 aliphatic carbocycles. The van der Waals surface area contributed by atoms with Crippen LogP contribution in [0.5, 0.6) is 0 Å². The zero-order valence-corrected chi connectivity index (χ0v) is 18.2. The lowest BCUT2D eigenvalue weighted by Crippen LogP contribution is -2.55. The summed E-state index contributed by atoms with van der Waals surface area (Å²) < 4.78 is 31.7. The van der Waals surface area contributed by atoms with Crippen LogP contribution in [0.3, 0.4) is 0 Å². The minimum atomic E-state index is -3.42. The second-order valence-corrected chi connectivity index (χ2v) is 9.79. The summed E-state index contributed by atoms with van der Waals surface area (Å²) in [5, 5.41) is 3.99. The normalized spacial score (nSPS) is 17.3. The number of aryl methyl sites for hydroxylation is 2. The van der Waals surface area contributed by atoms with Crippen molar-refractivity contribution in [1.29, 1.82) is 0 Å². The Balaban J connectivity index is 1.94. The van der Waals surface area contributed by atoms with E-state index in [9.17, 15) is 13.2 Å². The van der Waals surface area contributed by atoms with Gasteiger partial charge < -0.3 is 9.42 Å². The van der Waals surface area contributed by atoms with Crippen molar-refractivity contribution in [2.24, 2.45) is 0 Å². The number of hydrogen-bond acceptors (Lipinski definition) is 7. The highest BCUT2D eigenvalue weighted by atomic mass is 32.2. The summed E-state index contributed by atoms with van der Waals surface area (Å²) in [6.07, 6.45) is 2.45. The van der Waals surface area contributed by atoms with Crippen LogP contribution >= 0.6 is 11.8 Å². The number of carbonyl (C=O) groups excluding carboxylic acids is 1. The van der Waals surface area contributed by atoms with Crippen molar-refractivity contribution in [2.75, 3.05) is 43.9 Å². The molecule has 0 spiro atoms. The number of rotatable bonds is 9. The summed E-state index contributed by atoms with van der Waals surface area (Å²) in [7, 11) is -3.42. The Labute approximate surface area is 166 Å². The van der Waals surface area contributed by atoms with Crippen LogP contribution in [0, 0.1) is 13.8 Å². The molecule has 1 unspecified atom stereocenters. The molecule has 1 aliphatic rings. The number of thioether (sulfide) groups is 1. The maximum absolute atomic E-state index is 12.9. The summed E-state index contributed by atoms with van der Waals surface area (Å²) in [6.45, 7) is 8.83. The van der Waals surface area contributed by atoms with Crippen molar-refractivity contribution in [1.82, 2.24) is 19.7 Å². The van der Waals surface area contributed by atoms with Gasteiger partial charge in [0.05, 0.1) is 11.4 Å². The third-order valence-electron chi connectivity index (χ3n) is 4.86. The minimum absolute atomic E-state index is 0.0265. The number of aromatic nitrogens is 1. The SMILES string of the molecule is CCS(=O)(=O)NC(CCSC)C(=O)N1CCN(Cc2c(C)noc2C)CC1. The summed E-state index contributed by atoms with van der Waals surface area (Å²) in [4.78, 5) is 16.9. The number of carbonyl (C=O) groups is 1. The molecule has 1 saturated heterocycles. The van der Waals surface area contributed by atoms with Gasteiger partial charge in [-0.05, 0) is 39.2 Å². The van der Waals surface area contributed by atoms with Gasteiger partial charge >= 0.3 is 0 Å². The standard InChI is InChI=1S/C17H30N4O4S2/c1-5-27(23,24)19-16(6-11-26-4)17(22)21-9-7-20(8-10-21)12-15-13(2)18-25-14(15)3/h16,19H,5-12H2,1-4H3. The van der Waals surface area contributed by atoms with Gasteiger partial charge in [-0.25, -0.2) is 13.1 Å². The Morgan fingerprint density at radius 2 is 1.96 bits per heavy atom. The first-order valence-electron chi connectivity index (χ1n) is 9.19. The zero-order chi connectivity index (χ0) is 20.0. The second-order valence-electron chi connectivity index (χ2n) is 6.76. The third kappa shape index (κ3) is 6.20. The lowest BCUT2D eigenvalue weighted by Gasteiger charge is -2.36. The van der Waals surface area contributed by atoms with Gasteiger partial charge in [-0.3, -0.25) is 9.69 Å². The van der Waals surface area contributed by atoms with Gasteiger partial charge in [0.2, 0.25) is 15.9 Å². The molecule has 10 heteroatoms. The molecule has 1 aromatic heterocycles. The van der Waals surface area contributed by atoms with Crippen molar-refractivity contribution in [2.45, 2.75) is 39.8 Å². The zero-order valence-electron chi connectivity index (χ0n) is 16.5. The molecule has 8 nitrogen and oxygen atoms in total. The number of nitrogens with zero attached hydrogens (tertiary/aromatic N) is 3. The number of sulfonamides is 1. The van der Waals surface area contributed by atoms with Gasteiger partial charge in [-0.2, -0.15) is 11.8 Å². The van der Waals surface area contributed by atoms with Crippen LogP contribution in [-0.4, -0.2) is 79.3 Å². The van der Waals surface area contributed by atoms with Gasteiger partial charge in [0.25, 0.3) is 0 Å². The molecular weight excluding hydrogens is 388 g/mol. The average Bonchev–Trinajstić information content (AvgIpc) is 2.97. The molecule has 2 heterocycles. The highest BCUT2D eigenvalue weighted by Crippen LogP contribution is 2.17. The Morgan fingerprint density at radius 3 is 2.48 bits per heavy atom. The second kappa shape index (κ2) is 9.90. The van der Waals surface area contributed by atoms with E-state index in [4.69, 9.17) is 4.52 Å². The van der Waals surface area contributed by atoms with E-state index in [1.54, 1.807) is 23.6 Å². The molecule has 1 aliphatic heterocycles. The summed E-state index contributed by atoms with van der Waals surface area (Å²) in [6, 6.07) is -0.684. The first-order chi connectivity index (χ1) is 12.8. The molecule has 0 saturated carbocycles. The van der Waals surface area contributed by atoms with Crippen LogP contribution in [0.2, 0.25) is 0 Å². The maximum Gasteiger partial charge on any atom is 0.240 e. The van der Waals surface area contributed by atoms with Gasteiger partial charge in [-0.15, -0.1) is 0 Å². The van der Waals surface area contributed by atoms with Crippen molar-refractivity contribution >= 4 is 27.7 Å². The minimum Gasteiger partial charge on any atom is -0.361 e. The molecule has 27 heavy (non-hydrogen) atoms. The van der Waals surface area contributed by atoms with Crippen molar-refractivity contribution in [3.63, 3.8) is 0 Å². The number of piperazine rings is 1. The molecule has 1 fully saturated rings. The topological polar surface area (TPSA) is 95.8 Å². The van der Waals surface area contributed by atoms with E-state index in [1.807, 2.05) is 20.1 Å². The Bertz CT molecular complexity index is 708. The van der Waals surface area contributed by atoms with E-state index in [-0.39, 0.29) is 11.7 Å². The van der Waals surface area contributed by atoms with E-state index < -0.39 is 16.1 Å². The Morgan fingerprint density at radius 1 is 1.30 bits per heavy atom. The molecule has 0 aromatic carbocycles. The van der Waals surface area contributed by atoms with Crippen molar-refractivity contribution in [3.05, 3.63) is 17.0 Å². The predicted octanol–water partition coefficient (Wildman–Crippen LogP) is 0.997. The molecular formula is C17H30N4O4S2. The summed E-state index contributed by atoms with van der Waals surface area (Å²) >= 11 is 1.60. The van der Waals surface area contributed by atoms with E-state index in [1.165, 1.54) is 0 Å². The number of amides is 1. The van der Waals surface area contributed by atoms with Crippen LogP contribution < -0.4 is 4.72 Å². The van der Waals surface area contributed by atoms with Crippen LogP contribution in [0.25, 0.3) is 0 Å². The smallest absolute Gasteiger partial charge is 0.240 e. The summed E-state index contributed by atoms with van der Waals surface area (Å²) in [5.41, 5.74) is 2.00. The molecule has 1 amide bonds. The van der Waals surface area contributed by atoms with Crippen molar-refractivity contribution < 1.29 is 17.7 Å². The Kier molecular flexibility index (Phi) is 8.14. The summed E-state index contributed by atoms with van der Waals surface area (Å²) in [5.74, 6) is 1.41. The van der Waals surface area contributed by atoms with Crippen LogP contribution in [0.4, 0.5) is 0 Å². The quantitative estimate of drug-likeness (QED) is 0.639. The molecule has 0 radical (unpaired) electrons. The third-order valence-corrected chi connectivity index (χ3v) is 6.91. The monoisotopic (exact) mass is 418 g/mol. The first kappa shape index (κ1) is 22.2. The van der Waals surface area contributed by atoms with Gasteiger partial charge in [0, 0.05) is 38.3 Å². The number of hydrogen-bond donors (Lipinski definition) is 1. The van der Waals surface area contributed by atoms with Gasteiger partial charge in [-0.1, -0.05) is 5.16 Å². The molecule has 154 valence electrons. The lowest BCUT2D eigenvalue weighted by atomic mass is 10.1. The molecule has 1 atom stereocenters. The molecule has 1 aromatic rings. The molecule has 1 N–H and O–H groups in total. The van der Waals surface area contributed by atoms with Crippen molar-refractivity contribution in [3.8, 4) is 0 Å². The lowest BCUT2D eigenvalue weighted by molar-refractivity contribution is -0.134. The van der Waals surface area contributed by atoms with Gasteiger partial charge in [0.1, 0.15) is 11.8 Å². The molecule has 0 bridgehead atoms.